The molecule has 1 aliphatic carbocycles. The Morgan fingerprint density at radius 3 is 2.72 bits per heavy atom. The fourth-order valence-corrected chi connectivity index (χ4v) is 3.89. The molecule has 1 saturated carbocycles. The van der Waals surface area contributed by atoms with E-state index in [0.717, 1.165) is 16.8 Å². The number of hydrogen-bond donors (Lipinski definition) is 2. The molecule has 138 valence electrons. The maximum Gasteiger partial charge on any atom is 0.224 e. The van der Waals surface area contributed by atoms with Crippen LogP contribution in [-0.4, -0.2) is 55.0 Å². The Hall–Kier alpha value is -1.69. The van der Waals surface area contributed by atoms with Crippen molar-refractivity contribution in [2.75, 3.05) is 26.9 Å². The quantitative estimate of drug-likeness (QED) is 0.578. The molecular formula is C19H30N4OS. The first-order chi connectivity index (χ1) is 12.1. The average Bonchev–Trinajstić information content (AvgIpc) is 3.09. The monoisotopic (exact) mass is 362 g/mol. The fourth-order valence-electron chi connectivity index (χ4n) is 3.10. The topological polar surface area (TPSA) is 56.7 Å². The Bertz CT molecular complexity index is 564. The summed E-state index contributed by atoms with van der Waals surface area (Å²) < 4.78 is 0. The molecule has 0 aliphatic heterocycles. The lowest BCUT2D eigenvalue weighted by Crippen LogP contribution is -2.43. The van der Waals surface area contributed by atoms with Crippen LogP contribution in [0.1, 0.15) is 31.2 Å². The van der Waals surface area contributed by atoms with Crippen molar-refractivity contribution in [2.45, 2.75) is 43.5 Å². The Labute approximate surface area is 155 Å². The first-order valence-corrected chi connectivity index (χ1v) is 10.2. The molecule has 0 saturated heterocycles. The molecule has 2 N–H and O–H groups in total. The Morgan fingerprint density at radius 2 is 2.08 bits per heavy atom. The Balaban J connectivity index is 1.68. The van der Waals surface area contributed by atoms with Gasteiger partial charge in [0.1, 0.15) is 0 Å². The van der Waals surface area contributed by atoms with Gasteiger partial charge in [-0.1, -0.05) is 30.3 Å². The smallest absolute Gasteiger partial charge is 0.224 e. The molecule has 25 heavy (non-hydrogen) atoms. The van der Waals surface area contributed by atoms with Gasteiger partial charge in [-0.2, -0.15) is 11.8 Å². The molecular weight excluding hydrogens is 332 g/mol. The predicted molar refractivity (Wildman–Crippen MR) is 107 cm³/mol. The zero-order valence-corrected chi connectivity index (χ0v) is 16.3. The van der Waals surface area contributed by atoms with E-state index in [1.807, 2.05) is 49.1 Å². The normalized spacial score (nSPS) is 20.4. The molecule has 0 bridgehead atoms. The highest BCUT2D eigenvalue weighted by Gasteiger charge is 2.24. The van der Waals surface area contributed by atoms with Gasteiger partial charge in [-0.25, -0.2) is 0 Å². The molecule has 0 heterocycles. The number of amides is 1. The molecule has 2 rings (SSSR count). The van der Waals surface area contributed by atoms with Crippen LogP contribution >= 0.6 is 11.8 Å². The van der Waals surface area contributed by atoms with Gasteiger partial charge in [-0.3, -0.25) is 9.79 Å². The maximum absolute atomic E-state index is 12.3. The first-order valence-electron chi connectivity index (χ1n) is 8.90. The molecule has 1 aromatic carbocycles. The lowest BCUT2D eigenvalue weighted by molar-refractivity contribution is -0.130. The van der Waals surface area contributed by atoms with Crippen molar-refractivity contribution in [3.8, 4) is 0 Å². The van der Waals surface area contributed by atoms with Crippen molar-refractivity contribution in [2.24, 2.45) is 4.99 Å². The summed E-state index contributed by atoms with van der Waals surface area (Å²) in [6.07, 6.45) is 6.27. The number of thioether (sulfide) groups is 1. The van der Waals surface area contributed by atoms with E-state index < -0.39 is 0 Å². The van der Waals surface area contributed by atoms with Gasteiger partial charge in [0.05, 0.1) is 0 Å². The molecule has 2 atom stereocenters. The zero-order valence-electron chi connectivity index (χ0n) is 15.5. The second-order valence-corrected chi connectivity index (χ2v) is 7.63. The third-order valence-corrected chi connectivity index (χ3v) is 5.70. The minimum atomic E-state index is 0.134. The van der Waals surface area contributed by atoms with E-state index in [1.165, 1.54) is 19.3 Å². The summed E-state index contributed by atoms with van der Waals surface area (Å²) in [5.41, 5.74) is 1.15. The summed E-state index contributed by atoms with van der Waals surface area (Å²) in [6, 6.07) is 10.5. The fraction of sp³-hybridized carbons (Fsp3) is 0.579. The van der Waals surface area contributed by atoms with Gasteiger partial charge < -0.3 is 15.5 Å². The highest BCUT2D eigenvalue weighted by Crippen LogP contribution is 2.27. The van der Waals surface area contributed by atoms with Crippen LogP contribution in [-0.2, 0) is 11.3 Å². The van der Waals surface area contributed by atoms with Crippen LogP contribution in [0.15, 0.2) is 35.3 Å². The highest BCUT2D eigenvalue weighted by atomic mass is 32.2. The number of hydrogen-bond acceptors (Lipinski definition) is 3. The molecule has 1 fully saturated rings. The van der Waals surface area contributed by atoms with Crippen molar-refractivity contribution in [1.82, 2.24) is 15.5 Å². The SMILES string of the molecule is CN=C(NCCC(=O)N(C)Cc1ccccc1)NC1CCC(SC)C1. The summed E-state index contributed by atoms with van der Waals surface area (Å²) in [6.45, 7) is 1.24. The van der Waals surface area contributed by atoms with E-state index in [4.69, 9.17) is 0 Å². The van der Waals surface area contributed by atoms with Gasteiger partial charge in [0, 0.05) is 44.9 Å². The summed E-state index contributed by atoms with van der Waals surface area (Å²) in [5, 5.41) is 7.49. The van der Waals surface area contributed by atoms with Crippen LogP contribution in [0, 0.1) is 0 Å². The van der Waals surface area contributed by atoms with Gasteiger partial charge in [-0.15, -0.1) is 0 Å². The third kappa shape index (κ3) is 6.61. The van der Waals surface area contributed by atoms with Crippen molar-refractivity contribution in [3.63, 3.8) is 0 Å². The molecule has 2 unspecified atom stereocenters. The number of aliphatic imine (C=N–C) groups is 1. The van der Waals surface area contributed by atoms with E-state index in [2.05, 4.69) is 21.9 Å². The van der Waals surface area contributed by atoms with Crippen LogP contribution in [0.3, 0.4) is 0 Å². The molecule has 1 aliphatic rings. The van der Waals surface area contributed by atoms with Crippen molar-refractivity contribution >= 4 is 23.6 Å². The first kappa shape index (κ1) is 19.6. The molecule has 6 heteroatoms. The number of nitrogens with zero attached hydrogens (tertiary/aromatic N) is 2. The maximum atomic E-state index is 12.3. The predicted octanol–water partition coefficient (Wildman–Crippen LogP) is 2.48. The largest absolute Gasteiger partial charge is 0.356 e. The minimum Gasteiger partial charge on any atom is -0.356 e. The molecule has 0 radical (unpaired) electrons. The number of nitrogens with one attached hydrogen (secondary N) is 2. The zero-order chi connectivity index (χ0) is 18.1. The van der Waals surface area contributed by atoms with Gasteiger partial charge >= 0.3 is 0 Å². The standard InChI is InChI=1S/C19H30N4OS/c1-20-19(22-16-9-10-17(13-16)25-3)21-12-11-18(24)23(2)14-15-7-5-4-6-8-15/h4-8,16-17H,9-14H2,1-3H3,(H2,20,21,22). The van der Waals surface area contributed by atoms with Crippen molar-refractivity contribution in [1.29, 1.82) is 0 Å². The highest BCUT2D eigenvalue weighted by molar-refractivity contribution is 7.99. The van der Waals surface area contributed by atoms with E-state index >= 15 is 0 Å². The van der Waals surface area contributed by atoms with Crippen molar-refractivity contribution < 1.29 is 4.79 Å². The number of rotatable bonds is 7. The molecule has 0 aromatic heterocycles. The van der Waals surface area contributed by atoms with Gasteiger partial charge in [0.25, 0.3) is 0 Å². The lowest BCUT2D eigenvalue weighted by atomic mass is 10.2. The van der Waals surface area contributed by atoms with Crippen LogP contribution in [0.5, 0.6) is 0 Å². The second kappa shape index (κ2) is 10.3. The lowest BCUT2D eigenvalue weighted by Gasteiger charge is -2.19. The van der Waals surface area contributed by atoms with E-state index in [-0.39, 0.29) is 5.91 Å². The summed E-state index contributed by atoms with van der Waals surface area (Å²) >= 11 is 1.95. The van der Waals surface area contributed by atoms with Gasteiger partial charge in [0.2, 0.25) is 5.91 Å². The van der Waals surface area contributed by atoms with Gasteiger partial charge in [0.15, 0.2) is 5.96 Å². The van der Waals surface area contributed by atoms with Crippen LogP contribution in [0.25, 0.3) is 0 Å². The van der Waals surface area contributed by atoms with Crippen LogP contribution in [0.4, 0.5) is 0 Å². The van der Waals surface area contributed by atoms with E-state index in [9.17, 15) is 4.79 Å². The number of guanidine groups is 1. The third-order valence-electron chi connectivity index (χ3n) is 4.60. The summed E-state index contributed by atoms with van der Waals surface area (Å²) in [7, 11) is 3.63. The molecule has 1 aromatic rings. The molecule has 5 nitrogen and oxygen atoms in total. The number of benzene rings is 1. The van der Waals surface area contributed by atoms with E-state index in [1.54, 1.807) is 11.9 Å². The van der Waals surface area contributed by atoms with E-state index in [0.29, 0.717) is 25.6 Å². The molecule has 1 amide bonds. The number of carbonyl (C=O) groups excluding carboxylic acids is 1. The Kier molecular flexibility index (Phi) is 8.12. The van der Waals surface area contributed by atoms with Crippen LogP contribution in [0.2, 0.25) is 0 Å². The average molecular weight is 363 g/mol. The minimum absolute atomic E-state index is 0.134. The second-order valence-electron chi connectivity index (χ2n) is 6.50. The van der Waals surface area contributed by atoms with Crippen molar-refractivity contribution in [3.05, 3.63) is 35.9 Å². The number of carbonyl (C=O) groups is 1. The summed E-state index contributed by atoms with van der Waals surface area (Å²) in [4.78, 5) is 18.3. The summed E-state index contributed by atoms with van der Waals surface area (Å²) in [5.74, 6) is 0.931. The Morgan fingerprint density at radius 1 is 1.32 bits per heavy atom. The van der Waals surface area contributed by atoms with Gasteiger partial charge in [-0.05, 0) is 31.1 Å². The van der Waals surface area contributed by atoms with Crippen LogP contribution < -0.4 is 10.6 Å². The molecule has 0 spiro atoms.